The number of amides is 1. The summed E-state index contributed by atoms with van der Waals surface area (Å²) in [5.74, 6) is -0.0818. The maximum atomic E-state index is 10.9. The van der Waals surface area contributed by atoms with E-state index in [0.717, 1.165) is 0 Å². The molecule has 4 nitrogen and oxygen atoms in total. The first-order chi connectivity index (χ1) is 9.08. The quantitative estimate of drug-likeness (QED) is 0.943. The highest BCUT2D eigenvalue weighted by Gasteiger charge is 2.07. The molecule has 1 heterocycles. The third-order valence-electron chi connectivity index (χ3n) is 2.43. The molecule has 0 aliphatic heterocycles. The van der Waals surface area contributed by atoms with Crippen LogP contribution in [0.15, 0.2) is 36.5 Å². The van der Waals surface area contributed by atoms with Gasteiger partial charge in [0.1, 0.15) is 18.1 Å². The molecule has 0 bridgehead atoms. The predicted molar refractivity (Wildman–Crippen MR) is 73.5 cm³/mol. The third kappa shape index (κ3) is 3.36. The second-order valence-corrected chi connectivity index (χ2v) is 4.55. The first kappa shape index (κ1) is 13.6. The van der Waals surface area contributed by atoms with E-state index in [4.69, 9.17) is 33.7 Å². The number of hydrogen-bond acceptors (Lipinski definition) is 3. The second-order valence-electron chi connectivity index (χ2n) is 3.73. The molecular formula is C13H10Cl2N2O2. The van der Waals surface area contributed by atoms with Gasteiger partial charge in [-0.15, -0.1) is 0 Å². The topological polar surface area (TPSA) is 65.2 Å². The van der Waals surface area contributed by atoms with Crippen LogP contribution >= 0.6 is 23.2 Å². The number of nitrogens with two attached hydrogens (primary N) is 1. The van der Waals surface area contributed by atoms with Crippen molar-refractivity contribution in [1.29, 1.82) is 0 Å². The van der Waals surface area contributed by atoms with Crippen LogP contribution in [0.3, 0.4) is 0 Å². The Morgan fingerprint density at radius 1 is 1.21 bits per heavy atom. The van der Waals surface area contributed by atoms with Gasteiger partial charge in [0, 0.05) is 15.6 Å². The van der Waals surface area contributed by atoms with Gasteiger partial charge in [0.15, 0.2) is 0 Å². The minimum absolute atomic E-state index is 0.183. The smallest absolute Gasteiger partial charge is 0.267 e. The van der Waals surface area contributed by atoms with Crippen molar-refractivity contribution in [3.05, 3.63) is 57.8 Å². The fraction of sp³-hybridized carbons (Fsp3) is 0.0769. The molecule has 0 fully saturated rings. The molecule has 2 rings (SSSR count). The average Bonchev–Trinajstić information content (AvgIpc) is 2.38. The van der Waals surface area contributed by atoms with Crippen LogP contribution in [0.1, 0.15) is 16.1 Å². The first-order valence-electron chi connectivity index (χ1n) is 5.39. The van der Waals surface area contributed by atoms with E-state index in [9.17, 15) is 4.79 Å². The summed E-state index contributed by atoms with van der Waals surface area (Å²) in [7, 11) is 0. The summed E-state index contributed by atoms with van der Waals surface area (Å²) in [5.41, 5.74) is 5.97. The summed E-state index contributed by atoms with van der Waals surface area (Å²) >= 11 is 12.0. The number of carbonyl (C=O) groups excluding carboxylic acids is 1. The van der Waals surface area contributed by atoms with Gasteiger partial charge < -0.3 is 10.5 Å². The Kier molecular flexibility index (Phi) is 4.24. The second kappa shape index (κ2) is 5.91. The third-order valence-corrected chi connectivity index (χ3v) is 3.14. The van der Waals surface area contributed by atoms with Crippen molar-refractivity contribution in [3.8, 4) is 5.75 Å². The Hall–Kier alpha value is -1.78. The molecule has 19 heavy (non-hydrogen) atoms. The molecule has 1 amide bonds. The van der Waals surface area contributed by atoms with Gasteiger partial charge in [0.05, 0.1) is 6.20 Å². The Morgan fingerprint density at radius 3 is 2.42 bits per heavy atom. The first-order valence-corrected chi connectivity index (χ1v) is 6.15. The van der Waals surface area contributed by atoms with Gasteiger partial charge in [0.25, 0.3) is 5.91 Å². The zero-order valence-corrected chi connectivity index (χ0v) is 11.3. The van der Waals surface area contributed by atoms with E-state index < -0.39 is 5.91 Å². The van der Waals surface area contributed by atoms with Crippen molar-refractivity contribution in [2.75, 3.05) is 0 Å². The van der Waals surface area contributed by atoms with Crippen LogP contribution in [0, 0.1) is 0 Å². The summed E-state index contributed by atoms with van der Waals surface area (Å²) in [6.07, 6.45) is 1.42. The van der Waals surface area contributed by atoms with Crippen LogP contribution in [-0.4, -0.2) is 10.9 Å². The lowest BCUT2D eigenvalue weighted by molar-refractivity contribution is 0.0995. The fourth-order valence-electron chi connectivity index (χ4n) is 1.44. The molecule has 1 aromatic carbocycles. The van der Waals surface area contributed by atoms with Gasteiger partial charge >= 0.3 is 0 Å². The molecule has 98 valence electrons. The normalized spacial score (nSPS) is 10.2. The molecule has 0 atom stereocenters. The van der Waals surface area contributed by atoms with E-state index >= 15 is 0 Å². The standard InChI is InChI=1S/C13H10Cl2N2O2/c14-10-2-1-3-11(15)9(10)7-19-8-4-5-12(13(16)18)17-6-8/h1-6H,7H2,(H2,16,18). The van der Waals surface area contributed by atoms with Crippen LogP contribution in [-0.2, 0) is 6.61 Å². The molecule has 0 aliphatic rings. The number of hydrogen-bond donors (Lipinski definition) is 1. The number of carbonyl (C=O) groups is 1. The maximum Gasteiger partial charge on any atom is 0.267 e. The predicted octanol–water partition coefficient (Wildman–Crippen LogP) is 3.07. The lowest BCUT2D eigenvalue weighted by atomic mass is 10.2. The minimum Gasteiger partial charge on any atom is -0.487 e. The largest absolute Gasteiger partial charge is 0.487 e. The number of pyridine rings is 1. The summed E-state index contributed by atoms with van der Waals surface area (Å²) < 4.78 is 5.50. The van der Waals surface area contributed by atoms with Crippen molar-refractivity contribution in [3.63, 3.8) is 0 Å². The summed E-state index contributed by atoms with van der Waals surface area (Å²) in [5, 5.41) is 1.07. The average molecular weight is 297 g/mol. The Bertz CT molecular complexity index is 580. The monoisotopic (exact) mass is 296 g/mol. The van der Waals surface area contributed by atoms with Crippen molar-refractivity contribution >= 4 is 29.1 Å². The van der Waals surface area contributed by atoms with E-state index in [1.54, 1.807) is 24.3 Å². The van der Waals surface area contributed by atoms with Gasteiger partial charge in [-0.25, -0.2) is 4.98 Å². The van der Waals surface area contributed by atoms with Gasteiger partial charge in [-0.1, -0.05) is 29.3 Å². The van der Waals surface area contributed by atoms with Crippen molar-refractivity contribution in [1.82, 2.24) is 4.98 Å². The van der Waals surface area contributed by atoms with Crippen molar-refractivity contribution < 1.29 is 9.53 Å². The Morgan fingerprint density at radius 2 is 1.89 bits per heavy atom. The summed E-state index contributed by atoms with van der Waals surface area (Å²) in [6, 6.07) is 8.34. The highest BCUT2D eigenvalue weighted by molar-refractivity contribution is 6.35. The van der Waals surface area contributed by atoms with Gasteiger partial charge in [-0.3, -0.25) is 4.79 Å². The van der Waals surface area contributed by atoms with Crippen molar-refractivity contribution in [2.45, 2.75) is 6.61 Å². The number of benzene rings is 1. The lowest BCUT2D eigenvalue weighted by Gasteiger charge is -2.09. The number of ether oxygens (including phenoxy) is 1. The summed E-state index contributed by atoms with van der Waals surface area (Å²) in [4.78, 5) is 14.7. The van der Waals surface area contributed by atoms with E-state index in [-0.39, 0.29) is 12.3 Å². The number of primary amides is 1. The van der Waals surface area contributed by atoms with Gasteiger partial charge in [-0.2, -0.15) is 0 Å². The molecule has 1 aromatic heterocycles. The highest BCUT2D eigenvalue weighted by atomic mass is 35.5. The molecule has 0 aliphatic carbocycles. The molecule has 0 radical (unpaired) electrons. The molecular weight excluding hydrogens is 287 g/mol. The van der Waals surface area contributed by atoms with Crippen molar-refractivity contribution in [2.24, 2.45) is 5.73 Å². The van der Waals surface area contributed by atoms with Crippen LogP contribution in [0.25, 0.3) is 0 Å². The number of aromatic nitrogens is 1. The molecule has 0 spiro atoms. The summed E-state index contributed by atoms with van der Waals surface area (Å²) in [6.45, 7) is 0.218. The number of halogens is 2. The van der Waals surface area contributed by atoms with E-state index in [0.29, 0.717) is 21.4 Å². The minimum atomic E-state index is -0.583. The van der Waals surface area contributed by atoms with Crippen LogP contribution in [0.5, 0.6) is 5.75 Å². The van der Waals surface area contributed by atoms with Gasteiger partial charge in [0.2, 0.25) is 0 Å². The maximum absolute atomic E-state index is 10.9. The zero-order chi connectivity index (χ0) is 13.8. The molecule has 6 heteroatoms. The lowest BCUT2D eigenvalue weighted by Crippen LogP contribution is -2.12. The van der Waals surface area contributed by atoms with Crippen LogP contribution < -0.4 is 10.5 Å². The Labute approximate surface area is 120 Å². The Balaban J connectivity index is 2.08. The van der Waals surface area contributed by atoms with E-state index in [1.807, 2.05) is 0 Å². The fourth-order valence-corrected chi connectivity index (χ4v) is 1.94. The zero-order valence-electron chi connectivity index (χ0n) is 9.77. The van der Waals surface area contributed by atoms with Gasteiger partial charge in [-0.05, 0) is 24.3 Å². The molecule has 2 N–H and O–H groups in total. The number of rotatable bonds is 4. The molecule has 0 unspecified atom stereocenters. The van der Waals surface area contributed by atoms with Crippen LogP contribution in [0.2, 0.25) is 10.0 Å². The molecule has 0 saturated carbocycles. The van der Waals surface area contributed by atoms with Crippen LogP contribution in [0.4, 0.5) is 0 Å². The van der Waals surface area contributed by atoms with E-state index in [1.165, 1.54) is 12.3 Å². The number of nitrogens with zero attached hydrogens (tertiary/aromatic N) is 1. The van der Waals surface area contributed by atoms with E-state index in [2.05, 4.69) is 4.98 Å². The molecule has 2 aromatic rings. The SMILES string of the molecule is NC(=O)c1ccc(OCc2c(Cl)cccc2Cl)cn1. The highest BCUT2D eigenvalue weighted by Crippen LogP contribution is 2.25. The molecule has 0 saturated heterocycles.